The van der Waals surface area contributed by atoms with Crippen LogP contribution in [0.15, 0.2) is 15.8 Å². The maximum absolute atomic E-state index is 11.4. The van der Waals surface area contributed by atoms with Crippen LogP contribution in [-0.4, -0.2) is 16.0 Å². The Labute approximate surface area is 86.9 Å². The minimum atomic E-state index is -0.464. The summed E-state index contributed by atoms with van der Waals surface area (Å²) in [5, 5.41) is 3.16. The van der Waals surface area contributed by atoms with Gasteiger partial charge in [0.1, 0.15) is 5.69 Å². The van der Waals surface area contributed by atoms with Gasteiger partial charge >= 0.3 is 5.69 Å². The van der Waals surface area contributed by atoms with Gasteiger partial charge in [-0.25, -0.2) is 4.79 Å². The van der Waals surface area contributed by atoms with Gasteiger partial charge in [0, 0.05) is 12.2 Å². The number of hydrogen-bond donors (Lipinski definition) is 3. The van der Waals surface area contributed by atoms with Crippen LogP contribution in [0, 0.1) is 0 Å². The van der Waals surface area contributed by atoms with Crippen LogP contribution in [0.3, 0.4) is 0 Å². The molecule has 1 aromatic heterocycles. The predicted molar refractivity (Wildman–Crippen MR) is 58.2 cm³/mol. The van der Waals surface area contributed by atoms with Gasteiger partial charge in [-0.2, -0.15) is 0 Å². The van der Waals surface area contributed by atoms with E-state index in [1.54, 1.807) is 0 Å². The standard InChI is InChI=1S/C10H15N3O2/c14-9-8(6-11-10(15)13-9)12-7-4-2-1-3-5-7/h6-7,12H,1-5H2,(H2,11,13,14,15). The van der Waals surface area contributed by atoms with E-state index in [0.29, 0.717) is 11.7 Å². The molecule has 0 amide bonds. The van der Waals surface area contributed by atoms with Gasteiger partial charge in [-0.15, -0.1) is 0 Å². The normalized spacial score (nSPS) is 17.6. The van der Waals surface area contributed by atoms with Crippen molar-refractivity contribution in [2.45, 2.75) is 38.1 Å². The van der Waals surface area contributed by atoms with Gasteiger partial charge in [0.2, 0.25) is 0 Å². The van der Waals surface area contributed by atoms with E-state index in [9.17, 15) is 9.59 Å². The molecular weight excluding hydrogens is 194 g/mol. The smallest absolute Gasteiger partial charge is 0.325 e. The second-order valence-electron chi connectivity index (χ2n) is 3.96. The summed E-state index contributed by atoms with van der Waals surface area (Å²) in [5.41, 5.74) is -0.347. The molecule has 2 rings (SSSR count). The second-order valence-corrected chi connectivity index (χ2v) is 3.96. The van der Waals surface area contributed by atoms with E-state index in [1.165, 1.54) is 25.5 Å². The average Bonchev–Trinajstić information content (AvgIpc) is 2.24. The fraction of sp³-hybridized carbons (Fsp3) is 0.600. The van der Waals surface area contributed by atoms with Gasteiger partial charge in [-0.1, -0.05) is 19.3 Å². The zero-order chi connectivity index (χ0) is 10.7. The maximum atomic E-state index is 11.4. The van der Waals surface area contributed by atoms with Crippen LogP contribution < -0.4 is 16.6 Å². The summed E-state index contributed by atoms with van der Waals surface area (Å²) in [4.78, 5) is 26.8. The number of rotatable bonds is 2. The Bertz CT molecular complexity index is 429. The van der Waals surface area contributed by atoms with E-state index in [1.807, 2.05) is 0 Å². The van der Waals surface area contributed by atoms with Gasteiger partial charge in [0.05, 0.1) is 0 Å². The van der Waals surface area contributed by atoms with Crippen molar-refractivity contribution >= 4 is 5.69 Å². The number of H-pyrrole nitrogens is 2. The molecule has 3 N–H and O–H groups in total. The molecule has 1 saturated carbocycles. The average molecular weight is 209 g/mol. The lowest BCUT2D eigenvalue weighted by Crippen LogP contribution is -2.29. The van der Waals surface area contributed by atoms with Crippen LogP contribution in [0.2, 0.25) is 0 Å². The Hall–Kier alpha value is -1.52. The largest absolute Gasteiger partial charge is 0.377 e. The highest BCUT2D eigenvalue weighted by Crippen LogP contribution is 2.19. The van der Waals surface area contributed by atoms with Crippen molar-refractivity contribution in [2.24, 2.45) is 0 Å². The minimum absolute atomic E-state index is 0.343. The van der Waals surface area contributed by atoms with Crippen molar-refractivity contribution in [2.75, 3.05) is 5.32 Å². The zero-order valence-electron chi connectivity index (χ0n) is 8.51. The lowest BCUT2D eigenvalue weighted by Gasteiger charge is -2.23. The van der Waals surface area contributed by atoms with Crippen molar-refractivity contribution in [1.29, 1.82) is 0 Å². The van der Waals surface area contributed by atoms with Crippen molar-refractivity contribution in [1.82, 2.24) is 9.97 Å². The minimum Gasteiger partial charge on any atom is -0.377 e. The second kappa shape index (κ2) is 4.33. The van der Waals surface area contributed by atoms with E-state index in [-0.39, 0.29) is 5.56 Å². The lowest BCUT2D eigenvalue weighted by molar-refractivity contribution is 0.462. The zero-order valence-corrected chi connectivity index (χ0v) is 8.51. The highest BCUT2D eigenvalue weighted by molar-refractivity contribution is 5.38. The first-order chi connectivity index (χ1) is 7.25. The molecule has 0 aromatic carbocycles. The summed E-state index contributed by atoms with van der Waals surface area (Å²) in [5.74, 6) is 0. The van der Waals surface area contributed by atoms with Gasteiger partial charge in [0.25, 0.3) is 5.56 Å². The first kappa shape index (κ1) is 10.0. The summed E-state index contributed by atoms with van der Waals surface area (Å²) in [7, 11) is 0. The van der Waals surface area contributed by atoms with Crippen LogP contribution in [0.1, 0.15) is 32.1 Å². The monoisotopic (exact) mass is 209 g/mol. The number of aromatic amines is 2. The molecule has 5 nitrogen and oxygen atoms in total. The van der Waals surface area contributed by atoms with Crippen molar-refractivity contribution in [3.8, 4) is 0 Å². The number of hydrogen-bond acceptors (Lipinski definition) is 3. The summed E-state index contributed by atoms with van der Waals surface area (Å²) >= 11 is 0. The van der Waals surface area contributed by atoms with Crippen LogP contribution in [0.5, 0.6) is 0 Å². The number of nitrogens with one attached hydrogen (secondary N) is 3. The molecule has 1 aliphatic carbocycles. The predicted octanol–water partition coefficient (Wildman–Crippen LogP) is 0.808. The summed E-state index contributed by atoms with van der Waals surface area (Å²) in [6.07, 6.45) is 7.32. The molecule has 15 heavy (non-hydrogen) atoms. The molecule has 0 aliphatic heterocycles. The lowest BCUT2D eigenvalue weighted by atomic mass is 9.95. The fourth-order valence-electron chi connectivity index (χ4n) is 1.98. The Morgan fingerprint density at radius 1 is 1.20 bits per heavy atom. The van der Waals surface area contributed by atoms with Gasteiger partial charge in [0.15, 0.2) is 0 Å². The van der Waals surface area contributed by atoms with E-state index >= 15 is 0 Å². The maximum Gasteiger partial charge on any atom is 0.325 e. The van der Waals surface area contributed by atoms with Crippen LogP contribution in [0.25, 0.3) is 0 Å². The van der Waals surface area contributed by atoms with Crippen molar-refractivity contribution in [3.05, 3.63) is 27.0 Å². The van der Waals surface area contributed by atoms with Crippen molar-refractivity contribution in [3.63, 3.8) is 0 Å². The molecular formula is C10H15N3O2. The molecule has 5 heteroatoms. The SMILES string of the molecule is O=c1[nH]cc(NC2CCCCC2)c(=O)[nH]1. The van der Waals surface area contributed by atoms with Gasteiger partial charge < -0.3 is 10.3 Å². The summed E-state index contributed by atoms with van der Waals surface area (Å²) in [6.45, 7) is 0. The third-order valence-corrected chi connectivity index (χ3v) is 2.78. The van der Waals surface area contributed by atoms with Crippen LogP contribution >= 0.6 is 0 Å². The molecule has 1 aromatic rings. The quantitative estimate of drug-likeness (QED) is 0.674. The highest BCUT2D eigenvalue weighted by atomic mass is 16.2. The molecule has 82 valence electrons. The topological polar surface area (TPSA) is 77.8 Å². The first-order valence-electron chi connectivity index (χ1n) is 5.34. The molecule has 1 heterocycles. The number of anilines is 1. The molecule has 0 saturated heterocycles. The Balaban J connectivity index is 2.09. The van der Waals surface area contributed by atoms with E-state index in [4.69, 9.17) is 0 Å². The Morgan fingerprint density at radius 3 is 2.60 bits per heavy atom. The molecule has 1 fully saturated rings. The third-order valence-electron chi connectivity index (χ3n) is 2.78. The van der Waals surface area contributed by atoms with Gasteiger partial charge in [-0.05, 0) is 12.8 Å². The highest BCUT2D eigenvalue weighted by Gasteiger charge is 2.14. The molecule has 0 bridgehead atoms. The van der Waals surface area contributed by atoms with E-state index < -0.39 is 5.69 Å². The summed E-state index contributed by atoms with van der Waals surface area (Å²) < 4.78 is 0. The number of aromatic nitrogens is 2. The van der Waals surface area contributed by atoms with Crippen LogP contribution in [-0.2, 0) is 0 Å². The van der Waals surface area contributed by atoms with Crippen LogP contribution in [0.4, 0.5) is 5.69 Å². The van der Waals surface area contributed by atoms with Crippen molar-refractivity contribution < 1.29 is 0 Å². The summed E-state index contributed by atoms with van der Waals surface area (Å²) in [6, 6.07) is 0.366. The molecule has 0 spiro atoms. The fourth-order valence-corrected chi connectivity index (χ4v) is 1.98. The van der Waals surface area contributed by atoms with Gasteiger partial charge in [-0.3, -0.25) is 9.78 Å². The Morgan fingerprint density at radius 2 is 1.93 bits per heavy atom. The first-order valence-corrected chi connectivity index (χ1v) is 5.34. The molecule has 0 radical (unpaired) electrons. The third kappa shape index (κ3) is 2.49. The molecule has 0 unspecified atom stereocenters. The van der Waals surface area contributed by atoms with E-state index in [2.05, 4.69) is 15.3 Å². The van der Waals surface area contributed by atoms with E-state index in [0.717, 1.165) is 12.8 Å². The molecule has 0 atom stereocenters. The molecule has 1 aliphatic rings. The Kier molecular flexibility index (Phi) is 2.89.